The second-order valence-electron chi connectivity index (χ2n) is 6.03. The third-order valence-electron chi connectivity index (χ3n) is 4.39. The Labute approximate surface area is 150 Å². The highest BCUT2D eigenvalue weighted by atomic mass is 35.5. The van der Waals surface area contributed by atoms with E-state index in [1.165, 1.54) is 0 Å². The first-order chi connectivity index (χ1) is 11.7. The van der Waals surface area contributed by atoms with Crippen molar-refractivity contribution >= 4 is 35.3 Å². The molecular weight excluding hydrogens is 342 g/mol. The molecule has 1 aromatic carbocycles. The molecule has 0 aliphatic carbocycles. The predicted molar refractivity (Wildman–Crippen MR) is 97.1 cm³/mol. The van der Waals surface area contributed by atoms with Gasteiger partial charge in [-0.15, -0.1) is 12.4 Å². The highest BCUT2D eigenvalue weighted by molar-refractivity contribution is 6.05. The van der Waals surface area contributed by atoms with E-state index in [1.54, 1.807) is 30.2 Å². The van der Waals surface area contributed by atoms with Gasteiger partial charge in [0.05, 0.1) is 17.4 Å². The van der Waals surface area contributed by atoms with Crippen molar-refractivity contribution in [3.63, 3.8) is 0 Å². The van der Waals surface area contributed by atoms with Gasteiger partial charge in [-0.1, -0.05) is 0 Å². The van der Waals surface area contributed by atoms with Gasteiger partial charge in [0.1, 0.15) is 0 Å². The van der Waals surface area contributed by atoms with Crippen molar-refractivity contribution < 1.29 is 4.79 Å². The number of carbonyl (C=O) groups excluding carboxylic acids is 1. The highest BCUT2D eigenvalue weighted by Crippen LogP contribution is 2.23. The van der Waals surface area contributed by atoms with E-state index in [0.717, 1.165) is 42.8 Å². The van der Waals surface area contributed by atoms with Gasteiger partial charge in [-0.2, -0.15) is 10.1 Å². The van der Waals surface area contributed by atoms with Gasteiger partial charge >= 0.3 is 0 Å². The van der Waals surface area contributed by atoms with Crippen LogP contribution in [0.3, 0.4) is 0 Å². The monoisotopic (exact) mass is 361 g/mol. The molecule has 3 aromatic rings. The lowest BCUT2D eigenvalue weighted by Crippen LogP contribution is -2.27. The molecule has 1 fully saturated rings. The number of rotatable bonds is 3. The Morgan fingerprint density at radius 3 is 2.92 bits per heavy atom. The van der Waals surface area contributed by atoms with Gasteiger partial charge in [0.2, 0.25) is 5.95 Å². The molecule has 0 atom stereocenters. The van der Waals surface area contributed by atoms with E-state index in [1.807, 2.05) is 6.07 Å². The number of nitrogens with zero attached hydrogens (tertiary/aromatic N) is 4. The van der Waals surface area contributed by atoms with Crippen LogP contribution in [0.4, 0.5) is 5.95 Å². The standard InChI is InChI=1S/C16H19N7O.ClH/c1-23-16(20-14(22-23)10-4-6-17-7-5-10)21-15(24)11-2-3-12-13(8-11)19-9-18-12;/h2-3,8-10,17H,4-7H2,1H3,(H,18,19)(H,20,21,22,24);1H. The first-order valence-electron chi connectivity index (χ1n) is 8.07. The first kappa shape index (κ1) is 17.4. The Bertz CT molecular complexity index is 882. The number of aromatic nitrogens is 5. The van der Waals surface area contributed by atoms with Crippen molar-refractivity contribution in [3.8, 4) is 0 Å². The number of amides is 1. The minimum absolute atomic E-state index is 0. The summed E-state index contributed by atoms with van der Waals surface area (Å²) in [6.45, 7) is 1.96. The van der Waals surface area contributed by atoms with E-state index in [0.29, 0.717) is 17.4 Å². The number of hydrogen-bond donors (Lipinski definition) is 3. The number of hydrogen-bond acceptors (Lipinski definition) is 5. The fourth-order valence-corrected chi connectivity index (χ4v) is 3.02. The van der Waals surface area contributed by atoms with Gasteiger partial charge in [0.15, 0.2) is 5.82 Å². The average molecular weight is 362 g/mol. The Kier molecular flexibility index (Phi) is 5.00. The molecule has 0 spiro atoms. The summed E-state index contributed by atoms with van der Waals surface area (Å²) in [6.07, 6.45) is 3.65. The SMILES string of the molecule is Cl.Cn1nc(C2CCNCC2)nc1NC(=O)c1ccc2nc[nH]c2c1. The van der Waals surface area contributed by atoms with Crippen LogP contribution in [0.25, 0.3) is 11.0 Å². The van der Waals surface area contributed by atoms with Gasteiger partial charge in [0, 0.05) is 18.5 Å². The summed E-state index contributed by atoms with van der Waals surface area (Å²) in [5.41, 5.74) is 2.22. The van der Waals surface area contributed by atoms with E-state index in [4.69, 9.17) is 0 Å². The number of imidazole rings is 1. The van der Waals surface area contributed by atoms with Crippen LogP contribution in [0, 0.1) is 0 Å². The molecule has 3 N–H and O–H groups in total. The van der Waals surface area contributed by atoms with Crippen molar-refractivity contribution in [1.82, 2.24) is 30.0 Å². The number of halogens is 1. The zero-order chi connectivity index (χ0) is 16.5. The number of aromatic amines is 1. The van der Waals surface area contributed by atoms with Crippen molar-refractivity contribution in [1.29, 1.82) is 0 Å². The fraction of sp³-hybridized carbons (Fsp3) is 0.375. The summed E-state index contributed by atoms with van der Waals surface area (Å²) in [5.74, 6) is 1.42. The summed E-state index contributed by atoms with van der Waals surface area (Å²) in [6, 6.07) is 5.35. The van der Waals surface area contributed by atoms with Crippen LogP contribution in [0.2, 0.25) is 0 Å². The first-order valence-corrected chi connectivity index (χ1v) is 8.07. The van der Waals surface area contributed by atoms with E-state index in [-0.39, 0.29) is 18.3 Å². The van der Waals surface area contributed by atoms with E-state index >= 15 is 0 Å². The topological polar surface area (TPSA) is 101 Å². The number of anilines is 1. The van der Waals surface area contributed by atoms with E-state index in [9.17, 15) is 4.79 Å². The van der Waals surface area contributed by atoms with Crippen LogP contribution in [0.15, 0.2) is 24.5 Å². The second-order valence-corrected chi connectivity index (χ2v) is 6.03. The van der Waals surface area contributed by atoms with Crippen LogP contribution in [-0.2, 0) is 7.05 Å². The Morgan fingerprint density at radius 2 is 2.12 bits per heavy atom. The third kappa shape index (κ3) is 3.49. The van der Waals surface area contributed by atoms with Gasteiger partial charge in [0.25, 0.3) is 5.91 Å². The molecule has 25 heavy (non-hydrogen) atoms. The summed E-state index contributed by atoms with van der Waals surface area (Å²) in [5, 5.41) is 10.6. The maximum absolute atomic E-state index is 12.5. The largest absolute Gasteiger partial charge is 0.345 e. The van der Waals surface area contributed by atoms with Crippen LogP contribution in [0.5, 0.6) is 0 Å². The summed E-state index contributed by atoms with van der Waals surface area (Å²) in [4.78, 5) is 24.2. The molecule has 1 aliphatic rings. The molecule has 4 rings (SSSR count). The molecule has 0 bridgehead atoms. The quantitative estimate of drug-likeness (QED) is 0.660. The van der Waals surface area contributed by atoms with Crippen LogP contribution < -0.4 is 10.6 Å². The van der Waals surface area contributed by atoms with Crippen molar-refractivity contribution in [3.05, 3.63) is 35.9 Å². The normalized spacial score (nSPS) is 15.1. The van der Waals surface area contributed by atoms with Gasteiger partial charge in [-0.05, 0) is 44.1 Å². The zero-order valence-electron chi connectivity index (χ0n) is 13.8. The molecular formula is C16H20ClN7O. The average Bonchev–Trinajstić information content (AvgIpc) is 3.22. The molecule has 2 aromatic heterocycles. The van der Waals surface area contributed by atoms with Crippen molar-refractivity contribution in [2.75, 3.05) is 18.4 Å². The minimum Gasteiger partial charge on any atom is -0.345 e. The third-order valence-corrected chi connectivity index (χ3v) is 4.39. The molecule has 1 amide bonds. The number of carbonyl (C=O) groups is 1. The lowest BCUT2D eigenvalue weighted by Gasteiger charge is -2.19. The van der Waals surface area contributed by atoms with Crippen LogP contribution >= 0.6 is 12.4 Å². The Hall–Kier alpha value is -2.45. The maximum atomic E-state index is 12.5. The second kappa shape index (κ2) is 7.20. The molecule has 3 heterocycles. The van der Waals surface area contributed by atoms with E-state index in [2.05, 4.69) is 30.7 Å². The van der Waals surface area contributed by atoms with Crippen LogP contribution in [0.1, 0.15) is 34.9 Å². The zero-order valence-corrected chi connectivity index (χ0v) is 14.6. The maximum Gasteiger partial charge on any atom is 0.258 e. The molecule has 9 heteroatoms. The summed E-state index contributed by atoms with van der Waals surface area (Å²) < 4.78 is 1.63. The molecule has 0 unspecified atom stereocenters. The number of H-pyrrole nitrogens is 1. The number of aryl methyl sites for hydroxylation is 1. The summed E-state index contributed by atoms with van der Waals surface area (Å²) >= 11 is 0. The van der Waals surface area contributed by atoms with Crippen molar-refractivity contribution in [2.45, 2.75) is 18.8 Å². The van der Waals surface area contributed by atoms with E-state index < -0.39 is 0 Å². The number of benzene rings is 1. The Morgan fingerprint density at radius 1 is 1.32 bits per heavy atom. The predicted octanol–water partition coefficient (Wildman–Crippen LogP) is 1.83. The molecule has 0 saturated carbocycles. The molecule has 1 saturated heterocycles. The number of piperidine rings is 1. The number of nitrogens with one attached hydrogen (secondary N) is 3. The summed E-state index contributed by atoms with van der Waals surface area (Å²) in [7, 11) is 1.80. The minimum atomic E-state index is -0.209. The highest BCUT2D eigenvalue weighted by Gasteiger charge is 2.21. The Balaban J connectivity index is 0.00000182. The van der Waals surface area contributed by atoms with Crippen LogP contribution in [-0.4, -0.2) is 43.7 Å². The van der Waals surface area contributed by atoms with Gasteiger partial charge in [-0.25, -0.2) is 9.67 Å². The van der Waals surface area contributed by atoms with Gasteiger partial charge in [-0.3, -0.25) is 10.1 Å². The fourth-order valence-electron chi connectivity index (χ4n) is 3.02. The van der Waals surface area contributed by atoms with Crippen molar-refractivity contribution in [2.24, 2.45) is 7.05 Å². The lowest BCUT2D eigenvalue weighted by atomic mass is 9.98. The molecule has 0 radical (unpaired) electrons. The molecule has 132 valence electrons. The smallest absolute Gasteiger partial charge is 0.258 e. The van der Waals surface area contributed by atoms with Gasteiger partial charge < -0.3 is 10.3 Å². The lowest BCUT2D eigenvalue weighted by molar-refractivity contribution is 0.102. The number of fused-ring (bicyclic) bond motifs is 1. The molecule has 1 aliphatic heterocycles. The molecule has 8 nitrogen and oxygen atoms in total.